The summed E-state index contributed by atoms with van der Waals surface area (Å²) in [7, 11) is 0. The van der Waals surface area contributed by atoms with Gasteiger partial charge < -0.3 is 15.4 Å². The highest BCUT2D eigenvalue weighted by atomic mass is 79.9. The van der Waals surface area contributed by atoms with Gasteiger partial charge in [-0.3, -0.25) is 10.2 Å². The molecule has 0 aromatic heterocycles. The Balaban J connectivity index is 1.92. The number of carbonyl (C=O) groups excluding carboxylic acids is 1. The van der Waals surface area contributed by atoms with Crippen LogP contribution in [0.4, 0.5) is 0 Å². The number of hydrogen-bond donors (Lipinski definition) is 4. The lowest BCUT2D eigenvalue weighted by Gasteiger charge is -2.27. The Hall–Kier alpha value is -1.53. The Kier molecular flexibility index (Phi) is 5.25. The van der Waals surface area contributed by atoms with Gasteiger partial charge in [0.15, 0.2) is 0 Å². The van der Waals surface area contributed by atoms with Gasteiger partial charge in [-0.2, -0.15) is 0 Å². The van der Waals surface area contributed by atoms with Crippen LogP contribution in [0.25, 0.3) is 0 Å². The smallest absolute Gasteiger partial charge is 0.273 e. The minimum Gasteiger partial charge on any atom is -0.507 e. The maximum absolute atomic E-state index is 12.0. The van der Waals surface area contributed by atoms with Crippen molar-refractivity contribution in [3.8, 4) is 5.75 Å². The number of aromatic hydroxyl groups is 1. The molecule has 0 radical (unpaired) electrons. The molecule has 0 fully saturated rings. The molecule has 1 unspecified atom stereocenters. The standard InChI is InChI=1S/C15H20BrN3O2/c1-10(2)19-7-5-12(6-8-19)17-18-15(21)13-9-11(16)3-4-14(13)20/h3-5,9-10,17,20H,6-8H2,1-2H3,(H,18,21)/p+1. The third-order valence-electron chi connectivity index (χ3n) is 3.68. The number of halogens is 1. The highest BCUT2D eigenvalue weighted by Gasteiger charge is 2.18. The van der Waals surface area contributed by atoms with E-state index in [0.29, 0.717) is 6.04 Å². The van der Waals surface area contributed by atoms with Gasteiger partial charge in [0, 0.05) is 16.6 Å². The summed E-state index contributed by atoms with van der Waals surface area (Å²) in [4.78, 5) is 13.6. The molecule has 1 aromatic rings. The molecule has 1 atom stereocenters. The van der Waals surface area contributed by atoms with Gasteiger partial charge in [-0.25, -0.2) is 0 Å². The van der Waals surface area contributed by atoms with E-state index in [4.69, 9.17) is 0 Å². The molecular formula is C15H21BrN3O2+. The van der Waals surface area contributed by atoms with Crippen LogP contribution in [0.2, 0.25) is 0 Å². The van der Waals surface area contributed by atoms with Crippen LogP contribution in [-0.4, -0.2) is 30.1 Å². The number of quaternary nitrogens is 1. The molecule has 0 saturated heterocycles. The van der Waals surface area contributed by atoms with Crippen molar-refractivity contribution < 1.29 is 14.8 Å². The van der Waals surface area contributed by atoms with Crippen LogP contribution >= 0.6 is 15.9 Å². The van der Waals surface area contributed by atoms with Gasteiger partial charge in [0.2, 0.25) is 0 Å². The third-order valence-corrected chi connectivity index (χ3v) is 4.18. The SMILES string of the molecule is CC(C)[NH+]1CC=C(NNC(=O)c2cc(Br)ccc2O)CC1. The van der Waals surface area contributed by atoms with Crippen LogP contribution in [-0.2, 0) is 0 Å². The van der Waals surface area contributed by atoms with Crippen molar-refractivity contribution in [2.75, 3.05) is 13.1 Å². The van der Waals surface area contributed by atoms with Gasteiger partial charge in [0.1, 0.15) is 5.75 Å². The zero-order chi connectivity index (χ0) is 15.4. The van der Waals surface area contributed by atoms with Crippen LogP contribution in [0.5, 0.6) is 5.75 Å². The number of phenols is 1. The number of carbonyl (C=O) groups is 1. The normalized spacial score (nSPS) is 18.3. The molecule has 6 heteroatoms. The lowest BCUT2D eigenvalue weighted by atomic mass is 10.1. The first-order valence-corrected chi connectivity index (χ1v) is 7.85. The third kappa shape index (κ3) is 4.22. The predicted octanol–water partition coefficient (Wildman–Crippen LogP) is 0.970. The van der Waals surface area contributed by atoms with E-state index in [2.05, 4.69) is 46.7 Å². The molecule has 1 aliphatic heterocycles. The number of hydrazine groups is 1. The fourth-order valence-corrected chi connectivity index (χ4v) is 2.65. The van der Waals surface area contributed by atoms with E-state index in [1.165, 1.54) is 11.0 Å². The summed E-state index contributed by atoms with van der Waals surface area (Å²) in [6, 6.07) is 5.37. The highest BCUT2D eigenvalue weighted by molar-refractivity contribution is 9.10. The van der Waals surface area contributed by atoms with Gasteiger partial charge in [-0.05, 0) is 38.1 Å². The molecule has 0 saturated carbocycles. The molecule has 1 amide bonds. The average molecular weight is 355 g/mol. The maximum Gasteiger partial charge on any atom is 0.273 e. The van der Waals surface area contributed by atoms with E-state index in [0.717, 1.165) is 29.7 Å². The van der Waals surface area contributed by atoms with Gasteiger partial charge >= 0.3 is 0 Å². The molecule has 4 N–H and O–H groups in total. The number of amides is 1. The molecule has 114 valence electrons. The Bertz CT molecular complexity index is 558. The first-order valence-electron chi connectivity index (χ1n) is 7.06. The largest absolute Gasteiger partial charge is 0.507 e. The number of benzene rings is 1. The predicted molar refractivity (Wildman–Crippen MR) is 84.9 cm³/mol. The Morgan fingerprint density at radius 2 is 2.19 bits per heavy atom. The van der Waals surface area contributed by atoms with E-state index in [1.807, 2.05) is 0 Å². The van der Waals surface area contributed by atoms with Gasteiger partial charge in [-0.15, -0.1) is 0 Å². The first kappa shape index (κ1) is 15.9. The molecule has 0 bridgehead atoms. The number of nitrogens with one attached hydrogen (secondary N) is 3. The van der Waals surface area contributed by atoms with Crippen molar-refractivity contribution >= 4 is 21.8 Å². The minimum atomic E-state index is -0.353. The fraction of sp³-hybridized carbons (Fsp3) is 0.400. The Morgan fingerprint density at radius 3 is 2.81 bits per heavy atom. The van der Waals surface area contributed by atoms with Crippen molar-refractivity contribution in [1.82, 2.24) is 10.9 Å². The second-order valence-electron chi connectivity index (χ2n) is 5.49. The van der Waals surface area contributed by atoms with Gasteiger partial charge in [-0.1, -0.05) is 15.9 Å². The second kappa shape index (κ2) is 6.95. The molecule has 1 aromatic carbocycles. The molecule has 21 heavy (non-hydrogen) atoms. The summed E-state index contributed by atoms with van der Waals surface area (Å²) in [5, 5.41) is 9.71. The van der Waals surface area contributed by atoms with Crippen molar-refractivity contribution in [2.45, 2.75) is 26.3 Å². The van der Waals surface area contributed by atoms with Gasteiger partial charge in [0.25, 0.3) is 5.91 Å². The topological polar surface area (TPSA) is 65.8 Å². The zero-order valence-corrected chi connectivity index (χ0v) is 13.8. The number of hydrogen-bond acceptors (Lipinski definition) is 3. The van der Waals surface area contributed by atoms with Crippen molar-refractivity contribution in [2.24, 2.45) is 0 Å². The summed E-state index contributed by atoms with van der Waals surface area (Å²) in [6.45, 7) is 6.42. The minimum absolute atomic E-state index is 0.0365. The first-order chi connectivity index (χ1) is 9.97. The van der Waals surface area contributed by atoms with Crippen molar-refractivity contribution in [3.63, 3.8) is 0 Å². The quantitative estimate of drug-likeness (QED) is 0.609. The van der Waals surface area contributed by atoms with Crippen LogP contribution in [0.1, 0.15) is 30.6 Å². The molecule has 0 aliphatic carbocycles. The summed E-state index contributed by atoms with van der Waals surface area (Å²) >= 11 is 3.29. The van der Waals surface area contributed by atoms with E-state index >= 15 is 0 Å². The summed E-state index contributed by atoms with van der Waals surface area (Å²) in [5.41, 5.74) is 6.84. The molecule has 2 rings (SSSR count). The number of rotatable bonds is 4. The Morgan fingerprint density at radius 1 is 1.43 bits per heavy atom. The molecule has 5 nitrogen and oxygen atoms in total. The van der Waals surface area contributed by atoms with Crippen LogP contribution < -0.4 is 15.8 Å². The van der Waals surface area contributed by atoms with Crippen LogP contribution in [0, 0.1) is 0 Å². The van der Waals surface area contributed by atoms with Crippen LogP contribution in [0.3, 0.4) is 0 Å². The average Bonchev–Trinajstić information content (AvgIpc) is 2.47. The van der Waals surface area contributed by atoms with E-state index < -0.39 is 0 Å². The summed E-state index contributed by atoms with van der Waals surface area (Å²) < 4.78 is 0.749. The molecular weight excluding hydrogens is 334 g/mol. The Labute approximate surface area is 133 Å². The highest BCUT2D eigenvalue weighted by Crippen LogP contribution is 2.21. The monoisotopic (exact) mass is 354 g/mol. The second-order valence-corrected chi connectivity index (χ2v) is 6.40. The summed E-state index contributed by atoms with van der Waals surface area (Å²) in [5.74, 6) is -0.390. The summed E-state index contributed by atoms with van der Waals surface area (Å²) in [6.07, 6.45) is 3.01. The van der Waals surface area contributed by atoms with Gasteiger partial charge in [0.05, 0.1) is 24.7 Å². The molecule has 1 heterocycles. The molecule has 0 spiro atoms. The lowest BCUT2D eigenvalue weighted by Crippen LogP contribution is -3.15. The molecule has 1 aliphatic rings. The van der Waals surface area contributed by atoms with E-state index in [9.17, 15) is 9.90 Å². The van der Waals surface area contributed by atoms with Crippen LogP contribution in [0.15, 0.2) is 34.4 Å². The number of phenolic OH excluding ortho intramolecular Hbond substituents is 1. The van der Waals surface area contributed by atoms with E-state index in [1.54, 1.807) is 12.1 Å². The van der Waals surface area contributed by atoms with Crippen molar-refractivity contribution in [3.05, 3.63) is 40.0 Å². The zero-order valence-electron chi connectivity index (χ0n) is 12.2. The van der Waals surface area contributed by atoms with E-state index in [-0.39, 0.29) is 17.2 Å². The maximum atomic E-state index is 12.0. The lowest BCUT2D eigenvalue weighted by molar-refractivity contribution is -0.917. The fourth-order valence-electron chi connectivity index (χ4n) is 2.29. The van der Waals surface area contributed by atoms with Crippen molar-refractivity contribution in [1.29, 1.82) is 0 Å².